The Morgan fingerprint density at radius 1 is 1.05 bits per heavy atom. The highest BCUT2D eigenvalue weighted by atomic mass is 32.1. The number of aryl methyl sites for hydroxylation is 2. The average molecular weight is 558 g/mol. The van der Waals surface area contributed by atoms with Crippen LogP contribution in [0.1, 0.15) is 54.1 Å². The summed E-state index contributed by atoms with van der Waals surface area (Å²) in [6.45, 7) is 5.63. The molecule has 1 saturated heterocycles. The second kappa shape index (κ2) is 11.8. The molecule has 0 bridgehead atoms. The minimum atomic E-state index is -0.527. The van der Waals surface area contributed by atoms with Crippen molar-refractivity contribution in [1.82, 2.24) is 20.3 Å². The first-order valence-electron chi connectivity index (χ1n) is 13.4. The first kappa shape index (κ1) is 27.2. The molecule has 40 heavy (non-hydrogen) atoms. The summed E-state index contributed by atoms with van der Waals surface area (Å²) in [4.78, 5) is 27.7. The van der Waals surface area contributed by atoms with E-state index in [0.717, 1.165) is 62.0 Å². The van der Waals surface area contributed by atoms with Crippen LogP contribution in [0.25, 0.3) is 16.7 Å². The number of nitro benzene ring substituents is 1. The summed E-state index contributed by atoms with van der Waals surface area (Å²) in [6, 6.07) is 16.5. The largest absolute Gasteiger partial charge is 0.366 e. The van der Waals surface area contributed by atoms with E-state index < -0.39 is 10.8 Å². The number of thiocarbonyl (C=S) groups is 1. The Morgan fingerprint density at radius 3 is 2.42 bits per heavy atom. The zero-order valence-corrected chi connectivity index (χ0v) is 23.3. The van der Waals surface area contributed by atoms with Gasteiger partial charge >= 0.3 is 0 Å². The number of amides is 1. The smallest absolute Gasteiger partial charge is 0.293 e. The van der Waals surface area contributed by atoms with Gasteiger partial charge in [-0.15, -0.1) is 10.2 Å². The number of carbonyl (C=O) groups is 1. The van der Waals surface area contributed by atoms with Crippen LogP contribution in [0.5, 0.6) is 0 Å². The number of rotatable bonds is 8. The van der Waals surface area contributed by atoms with Crippen LogP contribution < -0.4 is 15.5 Å². The molecule has 0 unspecified atom stereocenters. The standard InChI is InChI=1S/C29H31N7O3S/c1-3-4-7-20-8-11-22(12-9-20)35-32-24-16-19(2)23(18-25(24)33-35)30-29(40)31-28(37)21-10-13-26(27(17-21)36(38)39)34-14-5-6-15-34/h8-13,16-18H,3-7,14-15H2,1-2H3,(H2,30,31,37,40). The molecule has 3 aromatic carbocycles. The monoisotopic (exact) mass is 557 g/mol. The van der Waals surface area contributed by atoms with E-state index in [1.54, 1.807) is 16.9 Å². The minimum Gasteiger partial charge on any atom is -0.366 e. The van der Waals surface area contributed by atoms with E-state index in [2.05, 4.69) is 39.9 Å². The molecule has 10 nitrogen and oxygen atoms in total. The fourth-order valence-electron chi connectivity index (χ4n) is 4.86. The molecule has 0 aliphatic carbocycles. The highest BCUT2D eigenvalue weighted by Crippen LogP contribution is 2.31. The molecule has 0 radical (unpaired) electrons. The number of nitrogens with zero attached hydrogens (tertiary/aromatic N) is 5. The second-order valence-corrected chi connectivity index (χ2v) is 10.4. The summed E-state index contributed by atoms with van der Waals surface area (Å²) in [5, 5.41) is 26.7. The van der Waals surface area contributed by atoms with Crippen LogP contribution >= 0.6 is 12.2 Å². The van der Waals surface area contributed by atoms with Gasteiger partial charge in [0.15, 0.2) is 5.11 Å². The molecule has 206 valence electrons. The molecule has 4 aromatic rings. The van der Waals surface area contributed by atoms with Crippen molar-refractivity contribution in [3.63, 3.8) is 0 Å². The van der Waals surface area contributed by atoms with Crippen molar-refractivity contribution in [2.24, 2.45) is 0 Å². The fourth-order valence-corrected chi connectivity index (χ4v) is 5.06. The molecule has 5 rings (SSSR count). The van der Waals surface area contributed by atoms with Gasteiger partial charge in [-0.2, -0.15) is 4.80 Å². The number of nitrogens with one attached hydrogen (secondary N) is 2. The van der Waals surface area contributed by atoms with Crippen molar-refractivity contribution in [3.8, 4) is 5.69 Å². The van der Waals surface area contributed by atoms with Gasteiger partial charge in [-0.3, -0.25) is 20.2 Å². The van der Waals surface area contributed by atoms with E-state index in [9.17, 15) is 14.9 Å². The number of hydrogen-bond donors (Lipinski definition) is 2. The van der Waals surface area contributed by atoms with E-state index in [4.69, 9.17) is 12.2 Å². The Kier molecular flexibility index (Phi) is 8.01. The molecule has 2 N–H and O–H groups in total. The Hall–Kier alpha value is -4.38. The Labute approximate surface area is 237 Å². The van der Waals surface area contributed by atoms with Crippen molar-refractivity contribution in [1.29, 1.82) is 0 Å². The molecule has 1 aromatic heterocycles. The minimum absolute atomic E-state index is 0.0776. The second-order valence-electron chi connectivity index (χ2n) is 9.98. The highest BCUT2D eigenvalue weighted by Gasteiger charge is 2.24. The lowest BCUT2D eigenvalue weighted by Gasteiger charge is -2.18. The number of anilines is 2. The van der Waals surface area contributed by atoms with Crippen LogP contribution in [0.15, 0.2) is 54.6 Å². The van der Waals surface area contributed by atoms with Crippen molar-refractivity contribution < 1.29 is 9.72 Å². The zero-order valence-electron chi connectivity index (χ0n) is 22.5. The third-order valence-corrected chi connectivity index (χ3v) is 7.27. The summed E-state index contributed by atoms with van der Waals surface area (Å²) in [5.41, 5.74) is 5.72. The Morgan fingerprint density at radius 2 is 1.75 bits per heavy atom. The van der Waals surface area contributed by atoms with Crippen LogP contribution in [0.4, 0.5) is 17.1 Å². The fraction of sp³-hybridized carbons (Fsp3) is 0.310. The van der Waals surface area contributed by atoms with Gasteiger partial charge in [-0.25, -0.2) is 0 Å². The van der Waals surface area contributed by atoms with Crippen LogP contribution in [-0.4, -0.2) is 44.0 Å². The molecule has 11 heteroatoms. The number of carbonyl (C=O) groups excluding carboxylic acids is 1. The average Bonchev–Trinajstić information content (AvgIpc) is 3.62. The Balaban J connectivity index is 1.28. The van der Waals surface area contributed by atoms with Crippen LogP contribution in [-0.2, 0) is 6.42 Å². The van der Waals surface area contributed by atoms with Gasteiger partial charge < -0.3 is 10.2 Å². The van der Waals surface area contributed by atoms with Gasteiger partial charge in [0.25, 0.3) is 11.6 Å². The number of benzene rings is 3. The molecular weight excluding hydrogens is 526 g/mol. The zero-order chi connectivity index (χ0) is 28.2. The van der Waals surface area contributed by atoms with Gasteiger partial charge in [0, 0.05) is 30.4 Å². The van der Waals surface area contributed by atoms with Crippen LogP contribution in [0.2, 0.25) is 0 Å². The molecule has 1 aliphatic heterocycles. The lowest BCUT2D eigenvalue weighted by molar-refractivity contribution is -0.384. The number of hydrogen-bond acceptors (Lipinski definition) is 7. The van der Waals surface area contributed by atoms with Crippen molar-refractivity contribution in [2.75, 3.05) is 23.3 Å². The van der Waals surface area contributed by atoms with E-state index >= 15 is 0 Å². The lowest BCUT2D eigenvalue weighted by Crippen LogP contribution is -2.34. The summed E-state index contributed by atoms with van der Waals surface area (Å²) < 4.78 is 0. The molecule has 0 atom stereocenters. The maximum absolute atomic E-state index is 12.9. The maximum atomic E-state index is 12.9. The predicted molar refractivity (Wildman–Crippen MR) is 160 cm³/mol. The van der Waals surface area contributed by atoms with Crippen LogP contribution in [0, 0.1) is 17.0 Å². The van der Waals surface area contributed by atoms with Gasteiger partial charge in [0.1, 0.15) is 16.7 Å². The van der Waals surface area contributed by atoms with Crippen molar-refractivity contribution in [2.45, 2.75) is 46.0 Å². The Bertz CT molecular complexity index is 1580. The van der Waals surface area contributed by atoms with Crippen molar-refractivity contribution >= 4 is 51.3 Å². The third kappa shape index (κ3) is 5.94. The lowest BCUT2D eigenvalue weighted by atomic mass is 10.1. The van der Waals surface area contributed by atoms with Gasteiger partial charge in [-0.1, -0.05) is 25.5 Å². The van der Waals surface area contributed by atoms with Crippen LogP contribution in [0.3, 0.4) is 0 Å². The summed E-state index contributed by atoms with van der Waals surface area (Å²) in [6.07, 6.45) is 5.35. The normalized spacial score (nSPS) is 13.0. The number of nitro groups is 1. The summed E-state index contributed by atoms with van der Waals surface area (Å²) >= 11 is 5.39. The van der Waals surface area contributed by atoms with E-state index in [0.29, 0.717) is 16.9 Å². The summed E-state index contributed by atoms with van der Waals surface area (Å²) in [5.74, 6) is -0.527. The number of fused-ring (bicyclic) bond motifs is 1. The van der Waals surface area contributed by atoms with Gasteiger partial charge in [0.2, 0.25) is 0 Å². The first-order valence-corrected chi connectivity index (χ1v) is 13.9. The predicted octanol–water partition coefficient (Wildman–Crippen LogP) is 5.71. The van der Waals surface area contributed by atoms with E-state index in [1.807, 2.05) is 36.1 Å². The molecular formula is C29H31N7O3S. The molecule has 1 amide bonds. The molecule has 1 fully saturated rings. The first-order chi connectivity index (χ1) is 19.3. The van der Waals surface area contributed by atoms with Gasteiger partial charge in [-0.05, 0) is 92.4 Å². The maximum Gasteiger partial charge on any atom is 0.293 e. The highest BCUT2D eigenvalue weighted by molar-refractivity contribution is 7.80. The van der Waals surface area contributed by atoms with Crippen molar-refractivity contribution in [3.05, 3.63) is 81.4 Å². The molecule has 0 saturated carbocycles. The molecule has 2 heterocycles. The quantitative estimate of drug-likeness (QED) is 0.161. The molecule has 0 spiro atoms. The van der Waals surface area contributed by atoms with E-state index in [1.165, 1.54) is 11.6 Å². The SMILES string of the molecule is CCCCc1ccc(-n2nc3cc(C)c(NC(=S)NC(=O)c4ccc(N5CCCC5)c([N+](=O)[O-])c4)cc3n2)cc1. The molecule has 1 aliphatic rings. The number of aromatic nitrogens is 3. The summed E-state index contributed by atoms with van der Waals surface area (Å²) in [7, 11) is 0. The van der Waals surface area contributed by atoms with E-state index in [-0.39, 0.29) is 16.4 Å². The third-order valence-electron chi connectivity index (χ3n) is 7.07. The van der Waals surface area contributed by atoms with Gasteiger partial charge in [0.05, 0.1) is 10.6 Å². The number of unbranched alkanes of at least 4 members (excludes halogenated alkanes) is 1. The topological polar surface area (TPSA) is 118 Å².